The Morgan fingerprint density at radius 2 is 1.63 bits per heavy atom. The lowest BCUT2D eigenvalue weighted by Crippen LogP contribution is -2.13. The van der Waals surface area contributed by atoms with Gasteiger partial charge in [0, 0.05) is 34.3 Å². The van der Waals surface area contributed by atoms with E-state index in [0.29, 0.717) is 16.4 Å². The van der Waals surface area contributed by atoms with Crippen molar-refractivity contribution in [2.45, 2.75) is 0 Å². The molecule has 2 aromatic carbocycles. The van der Waals surface area contributed by atoms with Crippen LogP contribution in [-0.4, -0.2) is 20.9 Å². The fraction of sp³-hybridized carbons (Fsp3) is 0. The highest BCUT2D eigenvalue weighted by Crippen LogP contribution is 2.27. The number of para-hydroxylation sites is 1. The Hall–Kier alpha value is -3.90. The van der Waals surface area contributed by atoms with Crippen LogP contribution in [0.5, 0.6) is 0 Å². The number of carbonyl (C=O) groups excluding carboxylic acids is 1. The number of rotatable bonds is 4. The summed E-state index contributed by atoms with van der Waals surface area (Å²) < 4.78 is 0. The fourth-order valence-corrected chi connectivity index (χ4v) is 3.98. The molecule has 1 amide bonds. The second-order valence-electron chi connectivity index (χ2n) is 6.67. The lowest BCUT2D eigenvalue weighted by molar-refractivity contribution is 0.102. The van der Waals surface area contributed by atoms with Crippen LogP contribution in [0, 0.1) is 0 Å². The zero-order valence-electron chi connectivity index (χ0n) is 15.8. The highest BCUT2D eigenvalue weighted by atomic mass is 32.1. The fourth-order valence-electron chi connectivity index (χ4n) is 3.26. The summed E-state index contributed by atoms with van der Waals surface area (Å²) in [5, 5.41) is 6.24. The topological polar surface area (TPSA) is 67.8 Å². The summed E-state index contributed by atoms with van der Waals surface area (Å²) in [6.45, 7) is 0. The number of fused-ring (bicyclic) bond motifs is 1. The van der Waals surface area contributed by atoms with E-state index in [0.717, 1.165) is 27.7 Å². The van der Waals surface area contributed by atoms with Gasteiger partial charge in [-0.3, -0.25) is 15.1 Å². The van der Waals surface area contributed by atoms with Gasteiger partial charge in [0.1, 0.15) is 0 Å². The van der Waals surface area contributed by atoms with Crippen LogP contribution in [0.3, 0.4) is 0 Å². The maximum absolute atomic E-state index is 13.2. The Kier molecular flexibility index (Phi) is 4.75. The third-order valence-electron chi connectivity index (χ3n) is 4.71. The predicted molar refractivity (Wildman–Crippen MR) is 120 cm³/mol. The lowest BCUT2D eigenvalue weighted by atomic mass is 10.0. The standard InChI is InChI=1S/C24H16N4OS/c29-23(28-24-27-22(15-30-24)16-7-2-1-3-8-16)19-13-21(17-9-6-12-25-14-17)26-20-11-5-4-10-18(19)20/h1-15H,(H,27,28,29). The van der Waals surface area contributed by atoms with Crippen LogP contribution in [0.1, 0.15) is 10.4 Å². The molecule has 0 unspecified atom stereocenters. The molecule has 0 radical (unpaired) electrons. The first-order valence-corrected chi connectivity index (χ1v) is 10.3. The Bertz CT molecular complexity index is 1330. The molecule has 0 atom stereocenters. The van der Waals surface area contributed by atoms with Crippen molar-refractivity contribution < 1.29 is 4.79 Å². The van der Waals surface area contributed by atoms with E-state index in [4.69, 9.17) is 4.98 Å². The molecule has 0 saturated carbocycles. The molecule has 6 heteroatoms. The minimum absolute atomic E-state index is 0.215. The SMILES string of the molecule is O=C(Nc1nc(-c2ccccc2)cs1)c1cc(-c2cccnc2)nc2ccccc12. The number of amides is 1. The van der Waals surface area contributed by atoms with E-state index in [9.17, 15) is 4.79 Å². The average molecular weight is 408 g/mol. The highest BCUT2D eigenvalue weighted by molar-refractivity contribution is 7.14. The van der Waals surface area contributed by atoms with Crippen molar-refractivity contribution in [3.8, 4) is 22.5 Å². The number of hydrogen-bond acceptors (Lipinski definition) is 5. The van der Waals surface area contributed by atoms with Crippen molar-refractivity contribution >= 4 is 33.3 Å². The largest absolute Gasteiger partial charge is 0.298 e. The number of anilines is 1. The van der Waals surface area contributed by atoms with Crippen molar-refractivity contribution in [3.05, 3.63) is 96.1 Å². The Morgan fingerprint density at radius 1 is 0.833 bits per heavy atom. The molecule has 3 heterocycles. The van der Waals surface area contributed by atoms with Gasteiger partial charge in [-0.15, -0.1) is 11.3 Å². The number of nitrogens with zero attached hydrogens (tertiary/aromatic N) is 3. The molecule has 0 saturated heterocycles. The molecule has 0 bridgehead atoms. The van der Waals surface area contributed by atoms with Gasteiger partial charge in [0.2, 0.25) is 0 Å². The number of thiazole rings is 1. The first-order valence-electron chi connectivity index (χ1n) is 9.40. The van der Waals surface area contributed by atoms with Gasteiger partial charge in [-0.05, 0) is 24.3 Å². The van der Waals surface area contributed by atoms with Gasteiger partial charge in [-0.1, -0.05) is 48.5 Å². The van der Waals surface area contributed by atoms with Gasteiger partial charge in [-0.25, -0.2) is 9.97 Å². The molecule has 3 aromatic heterocycles. The second-order valence-corrected chi connectivity index (χ2v) is 7.53. The van der Waals surface area contributed by atoms with E-state index < -0.39 is 0 Å². The zero-order chi connectivity index (χ0) is 20.3. The molecule has 0 spiro atoms. The molecule has 5 rings (SSSR count). The number of hydrogen-bond donors (Lipinski definition) is 1. The molecule has 5 aromatic rings. The van der Waals surface area contributed by atoms with Crippen LogP contribution < -0.4 is 5.32 Å². The molecule has 144 valence electrons. The van der Waals surface area contributed by atoms with Crippen molar-refractivity contribution in [3.63, 3.8) is 0 Å². The first kappa shape index (κ1) is 18.1. The molecule has 5 nitrogen and oxygen atoms in total. The van der Waals surface area contributed by atoms with E-state index in [1.165, 1.54) is 11.3 Å². The monoisotopic (exact) mass is 408 g/mol. The van der Waals surface area contributed by atoms with Crippen LogP contribution in [0.15, 0.2) is 90.6 Å². The zero-order valence-corrected chi connectivity index (χ0v) is 16.6. The van der Waals surface area contributed by atoms with Crippen LogP contribution in [0.2, 0.25) is 0 Å². The van der Waals surface area contributed by atoms with Crippen LogP contribution in [0.4, 0.5) is 5.13 Å². The van der Waals surface area contributed by atoms with Crippen molar-refractivity contribution in [2.24, 2.45) is 0 Å². The first-order chi connectivity index (χ1) is 14.8. The minimum Gasteiger partial charge on any atom is -0.298 e. The molecular formula is C24H16N4OS. The molecular weight excluding hydrogens is 392 g/mol. The molecule has 0 aliphatic carbocycles. The molecule has 0 aliphatic rings. The van der Waals surface area contributed by atoms with Gasteiger partial charge in [0.05, 0.1) is 22.5 Å². The van der Waals surface area contributed by atoms with Gasteiger partial charge in [0.25, 0.3) is 5.91 Å². The summed E-state index contributed by atoms with van der Waals surface area (Å²) in [5.74, 6) is -0.215. The Labute approximate surface area is 177 Å². The molecule has 1 N–H and O–H groups in total. The number of carbonyl (C=O) groups is 1. The summed E-state index contributed by atoms with van der Waals surface area (Å²) in [6, 6.07) is 23.1. The predicted octanol–water partition coefficient (Wildman–Crippen LogP) is 5.67. The summed E-state index contributed by atoms with van der Waals surface area (Å²) in [6.07, 6.45) is 3.46. The second kappa shape index (κ2) is 7.85. The number of nitrogens with one attached hydrogen (secondary N) is 1. The molecule has 30 heavy (non-hydrogen) atoms. The van der Waals surface area contributed by atoms with Gasteiger partial charge in [-0.2, -0.15) is 0 Å². The third kappa shape index (κ3) is 3.56. The van der Waals surface area contributed by atoms with Gasteiger partial charge in [0.15, 0.2) is 5.13 Å². The van der Waals surface area contributed by atoms with Crippen LogP contribution in [-0.2, 0) is 0 Å². The van der Waals surface area contributed by atoms with E-state index in [1.54, 1.807) is 18.5 Å². The summed E-state index contributed by atoms with van der Waals surface area (Å²) in [4.78, 5) is 26.6. The quantitative estimate of drug-likeness (QED) is 0.416. The summed E-state index contributed by atoms with van der Waals surface area (Å²) in [5.41, 5.74) is 4.73. The molecule has 0 aliphatic heterocycles. The van der Waals surface area contributed by atoms with Crippen LogP contribution >= 0.6 is 11.3 Å². The Morgan fingerprint density at radius 3 is 2.47 bits per heavy atom. The van der Waals surface area contributed by atoms with E-state index in [2.05, 4.69) is 15.3 Å². The van der Waals surface area contributed by atoms with Crippen molar-refractivity contribution in [1.82, 2.24) is 15.0 Å². The minimum atomic E-state index is -0.215. The molecule has 0 fully saturated rings. The smallest absolute Gasteiger partial charge is 0.258 e. The van der Waals surface area contributed by atoms with Crippen molar-refractivity contribution in [2.75, 3.05) is 5.32 Å². The van der Waals surface area contributed by atoms with E-state index in [1.807, 2.05) is 72.1 Å². The van der Waals surface area contributed by atoms with Gasteiger partial charge >= 0.3 is 0 Å². The van der Waals surface area contributed by atoms with Crippen LogP contribution in [0.25, 0.3) is 33.4 Å². The van der Waals surface area contributed by atoms with E-state index >= 15 is 0 Å². The third-order valence-corrected chi connectivity index (χ3v) is 5.47. The number of aromatic nitrogens is 3. The normalized spacial score (nSPS) is 10.8. The number of benzene rings is 2. The summed E-state index contributed by atoms with van der Waals surface area (Å²) >= 11 is 1.40. The highest BCUT2D eigenvalue weighted by Gasteiger charge is 2.16. The van der Waals surface area contributed by atoms with E-state index in [-0.39, 0.29) is 5.91 Å². The summed E-state index contributed by atoms with van der Waals surface area (Å²) in [7, 11) is 0. The average Bonchev–Trinajstić information content (AvgIpc) is 3.28. The van der Waals surface area contributed by atoms with Gasteiger partial charge < -0.3 is 0 Å². The maximum atomic E-state index is 13.2. The lowest BCUT2D eigenvalue weighted by Gasteiger charge is -2.09. The Balaban J connectivity index is 1.51. The maximum Gasteiger partial charge on any atom is 0.258 e. The van der Waals surface area contributed by atoms with Crippen molar-refractivity contribution in [1.29, 1.82) is 0 Å². The number of pyridine rings is 2.